The number of esters is 1. The van der Waals surface area contributed by atoms with Crippen molar-refractivity contribution in [3.8, 4) is 5.75 Å². The van der Waals surface area contributed by atoms with E-state index >= 15 is 0 Å². The summed E-state index contributed by atoms with van der Waals surface area (Å²) in [7, 11) is 0. The average Bonchev–Trinajstić information content (AvgIpc) is 2.50. The molecule has 0 saturated carbocycles. The van der Waals surface area contributed by atoms with Gasteiger partial charge in [-0.05, 0) is 43.3 Å². The van der Waals surface area contributed by atoms with Crippen molar-refractivity contribution >= 4 is 17.6 Å². The fourth-order valence-electron chi connectivity index (χ4n) is 1.62. The third kappa shape index (κ3) is 3.79. The van der Waals surface area contributed by atoms with Gasteiger partial charge in [-0.3, -0.25) is 4.79 Å². The maximum absolute atomic E-state index is 12.0. The monoisotopic (exact) mass is 286 g/mol. The number of ether oxygens (including phenoxy) is 1. The Morgan fingerprint density at radius 2 is 1.81 bits per heavy atom. The Morgan fingerprint density at radius 1 is 1.14 bits per heavy atom. The average molecular weight is 286 g/mol. The van der Waals surface area contributed by atoms with E-state index in [0.717, 1.165) is 0 Å². The maximum atomic E-state index is 12.0. The number of hydrogen-bond acceptors (Lipinski definition) is 5. The zero-order chi connectivity index (χ0) is 15.2. The summed E-state index contributed by atoms with van der Waals surface area (Å²) in [6.07, 6.45) is 0. The predicted octanol–water partition coefficient (Wildman–Crippen LogP) is 2.22. The number of phenols is 1. The first-order valence-electron chi connectivity index (χ1n) is 6.34. The number of nitrogens with zero attached hydrogens (tertiary/aromatic N) is 1. The first-order chi connectivity index (χ1) is 10.1. The lowest BCUT2D eigenvalue weighted by Gasteiger charge is -2.06. The van der Waals surface area contributed by atoms with Crippen LogP contribution in [0.5, 0.6) is 5.75 Å². The number of amides is 1. The number of aromatic hydroxyl groups is 1. The Balaban J connectivity index is 2.14. The fourth-order valence-corrected chi connectivity index (χ4v) is 1.62. The molecule has 2 aromatic rings. The van der Waals surface area contributed by atoms with Crippen LogP contribution in [-0.4, -0.2) is 28.6 Å². The summed E-state index contributed by atoms with van der Waals surface area (Å²) in [5.74, 6) is -0.918. The Kier molecular flexibility index (Phi) is 4.50. The number of phenolic OH excluding ortho intramolecular Hbond substituents is 1. The highest BCUT2D eigenvalue weighted by molar-refractivity contribution is 6.03. The number of benzene rings is 1. The summed E-state index contributed by atoms with van der Waals surface area (Å²) in [6.45, 7) is 1.93. The molecule has 0 radical (unpaired) electrons. The van der Waals surface area contributed by atoms with Gasteiger partial charge in [0.05, 0.1) is 6.61 Å². The highest BCUT2D eigenvalue weighted by atomic mass is 16.5. The number of anilines is 1. The molecule has 0 bridgehead atoms. The molecule has 1 aromatic heterocycles. The summed E-state index contributed by atoms with van der Waals surface area (Å²) >= 11 is 0. The molecular formula is C15H14N2O4. The van der Waals surface area contributed by atoms with Crippen molar-refractivity contribution in [3.63, 3.8) is 0 Å². The molecule has 0 aliphatic carbocycles. The number of aromatic nitrogens is 1. The highest BCUT2D eigenvalue weighted by Crippen LogP contribution is 2.14. The lowest BCUT2D eigenvalue weighted by Crippen LogP contribution is -2.16. The van der Waals surface area contributed by atoms with Crippen LogP contribution in [-0.2, 0) is 4.74 Å². The molecule has 1 amide bonds. The molecular weight excluding hydrogens is 272 g/mol. The summed E-state index contributed by atoms with van der Waals surface area (Å²) in [5.41, 5.74) is 0.699. The second-order valence-electron chi connectivity index (χ2n) is 4.13. The van der Waals surface area contributed by atoms with Gasteiger partial charge < -0.3 is 15.2 Å². The molecule has 0 aliphatic heterocycles. The molecule has 1 aromatic carbocycles. The lowest BCUT2D eigenvalue weighted by atomic mass is 10.2. The quantitative estimate of drug-likeness (QED) is 0.664. The van der Waals surface area contributed by atoms with Gasteiger partial charge in [-0.1, -0.05) is 6.07 Å². The fraction of sp³-hybridized carbons (Fsp3) is 0.133. The third-order valence-corrected chi connectivity index (χ3v) is 2.59. The minimum absolute atomic E-state index is 0.0789. The van der Waals surface area contributed by atoms with Gasteiger partial charge in [0.2, 0.25) is 0 Å². The van der Waals surface area contributed by atoms with Gasteiger partial charge in [0, 0.05) is 5.69 Å². The van der Waals surface area contributed by atoms with Gasteiger partial charge >= 0.3 is 5.97 Å². The van der Waals surface area contributed by atoms with Crippen LogP contribution < -0.4 is 5.32 Å². The molecule has 0 aliphatic rings. The first-order valence-corrected chi connectivity index (χ1v) is 6.34. The van der Waals surface area contributed by atoms with Crippen molar-refractivity contribution in [1.82, 2.24) is 4.98 Å². The van der Waals surface area contributed by atoms with E-state index in [4.69, 9.17) is 4.74 Å². The number of rotatable bonds is 4. The van der Waals surface area contributed by atoms with Crippen molar-refractivity contribution in [2.24, 2.45) is 0 Å². The Hall–Kier alpha value is -2.89. The van der Waals surface area contributed by atoms with Crippen LogP contribution in [0.1, 0.15) is 27.9 Å². The molecule has 0 atom stereocenters. The predicted molar refractivity (Wildman–Crippen MR) is 76.3 cm³/mol. The van der Waals surface area contributed by atoms with Crippen molar-refractivity contribution in [3.05, 3.63) is 53.9 Å². The standard InChI is InChI=1S/C15H14N2O4/c1-2-21-15(20)13-5-3-4-12(17-13)14(19)16-10-6-8-11(18)9-7-10/h3-9,18H,2H2,1H3,(H,16,19). The smallest absolute Gasteiger partial charge is 0.356 e. The first kappa shape index (κ1) is 14.5. The second kappa shape index (κ2) is 6.51. The SMILES string of the molecule is CCOC(=O)c1cccc(C(=O)Nc2ccc(O)cc2)n1. The van der Waals surface area contributed by atoms with Crippen LogP contribution in [0.3, 0.4) is 0 Å². The van der Waals surface area contributed by atoms with Crippen LogP contribution in [0.4, 0.5) is 5.69 Å². The van der Waals surface area contributed by atoms with Crippen LogP contribution in [0.15, 0.2) is 42.5 Å². The molecule has 2 rings (SSSR count). The molecule has 0 spiro atoms. The van der Waals surface area contributed by atoms with E-state index < -0.39 is 11.9 Å². The third-order valence-electron chi connectivity index (χ3n) is 2.59. The van der Waals surface area contributed by atoms with Gasteiger partial charge in [0.15, 0.2) is 0 Å². The topological polar surface area (TPSA) is 88.5 Å². The Bertz CT molecular complexity index is 653. The van der Waals surface area contributed by atoms with Crippen LogP contribution in [0.25, 0.3) is 0 Å². The zero-order valence-electron chi connectivity index (χ0n) is 11.4. The van der Waals surface area contributed by atoms with E-state index in [9.17, 15) is 14.7 Å². The van der Waals surface area contributed by atoms with E-state index in [1.54, 1.807) is 25.1 Å². The van der Waals surface area contributed by atoms with E-state index in [1.165, 1.54) is 24.3 Å². The van der Waals surface area contributed by atoms with E-state index in [-0.39, 0.29) is 23.7 Å². The summed E-state index contributed by atoms with van der Waals surface area (Å²) in [6, 6.07) is 10.6. The molecule has 6 heteroatoms. The minimum atomic E-state index is -0.572. The van der Waals surface area contributed by atoms with Gasteiger partial charge in [-0.2, -0.15) is 0 Å². The second-order valence-corrected chi connectivity index (χ2v) is 4.13. The summed E-state index contributed by atoms with van der Waals surface area (Å²) in [4.78, 5) is 27.6. The molecule has 1 heterocycles. The number of pyridine rings is 1. The summed E-state index contributed by atoms with van der Waals surface area (Å²) < 4.78 is 4.83. The van der Waals surface area contributed by atoms with Crippen molar-refractivity contribution in [1.29, 1.82) is 0 Å². The van der Waals surface area contributed by atoms with Gasteiger partial charge in [0.25, 0.3) is 5.91 Å². The van der Waals surface area contributed by atoms with E-state index in [2.05, 4.69) is 10.3 Å². The maximum Gasteiger partial charge on any atom is 0.356 e. The van der Waals surface area contributed by atoms with Crippen molar-refractivity contribution in [2.75, 3.05) is 11.9 Å². The van der Waals surface area contributed by atoms with Crippen LogP contribution in [0.2, 0.25) is 0 Å². The number of carbonyl (C=O) groups is 2. The minimum Gasteiger partial charge on any atom is -0.508 e. The van der Waals surface area contributed by atoms with Crippen LogP contribution in [0, 0.1) is 0 Å². The molecule has 0 unspecified atom stereocenters. The van der Waals surface area contributed by atoms with Gasteiger partial charge in [-0.25, -0.2) is 9.78 Å². The highest BCUT2D eigenvalue weighted by Gasteiger charge is 2.13. The molecule has 21 heavy (non-hydrogen) atoms. The lowest BCUT2D eigenvalue weighted by molar-refractivity contribution is 0.0519. The number of hydrogen-bond donors (Lipinski definition) is 2. The molecule has 6 nitrogen and oxygen atoms in total. The summed E-state index contributed by atoms with van der Waals surface area (Å²) in [5, 5.41) is 11.8. The number of nitrogens with one attached hydrogen (secondary N) is 1. The van der Waals surface area contributed by atoms with E-state index in [0.29, 0.717) is 5.69 Å². The molecule has 2 N–H and O–H groups in total. The van der Waals surface area contributed by atoms with Crippen molar-refractivity contribution < 1.29 is 19.4 Å². The van der Waals surface area contributed by atoms with Gasteiger partial charge in [0.1, 0.15) is 17.1 Å². The van der Waals surface area contributed by atoms with Crippen LogP contribution >= 0.6 is 0 Å². The zero-order valence-corrected chi connectivity index (χ0v) is 11.4. The molecule has 0 fully saturated rings. The van der Waals surface area contributed by atoms with E-state index in [1.807, 2.05) is 0 Å². The van der Waals surface area contributed by atoms with Gasteiger partial charge in [-0.15, -0.1) is 0 Å². The Morgan fingerprint density at radius 3 is 2.48 bits per heavy atom. The largest absolute Gasteiger partial charge is 0.508 e. The van der Waals surface area contributed by atoms with Crippen molar-refractivity contribution in [2.45, 2.75) is 6.92 Å². The normalized spacial score (nSPS) is 9.95. The molecule has 0 saturated heterocycles. The number of carbonyl (C=O) groups excluding carboxylic acids is 2. The molecule has 108 valence electrons. The Labute approximate surface area is 121 Å².